The Balaban J connectivity index is 0.00000400. The summed E-state index contributed by atoms with van der Waals surface area (Å²) < 4.78 is 46.4. The topological polar surface area (TPSA) is 147 Å². The number of hydrogen-bond donors (Lipinski definition) is 2. The van der Waals surface area contributed by atoms with Crippen LogP contribution in [0.15, 0.2) is 58.0 Å². The van der Waals surface area contributed by atoms with Crippen molar-refractivity contribution in [3.8, 4) is 11.5 Å². The van der Waals surface area contributed by atoms with Gasteiger partial charge in [-0.3, -0.25) is 9.35 Å². The van der Waals surface area contributed by atoms with Crippen LogP contribution in [0.2, 0.25) is 0 Å². The molecule has 2 heterocycles. The number of anilines is 1. The SMILES string of the molecule is CCN1C(=CC(C)=Cc2sc3ccc(OC)cc3[n+]2CC(C(=O)O)S(=O)(=O)O)Sc2ccc(OC)cc21.[OH-]. The number of ether oxygens (including phenoxy) is 2. The number of carboxylic acid groups (broad SMARTS) is 1. The highest BCUT2D eigenvalue weighted by molar-refractivity contribution is 8.03. The average Bonchev–Trinajstić information content (AvgIpc) is 3.36. The van der Waals surface area contributed by atoms with E-state index in [4.69, 9.17) is 9.47 Å². The Morgan fingerprint density at radius 3 is 2.42 bits per heavy atom. The van der Waals surface area contributed by atoms with Gasteiger partial charge in [0.05, 0.1) is 31.0 Å². The molecule has 1 unspecified atom stereocenters. The van der Waals surface area contributed by atoms with E-state index in [1.165, 1.54) is 18.4 Å². The number of aromatic nitrogens is 1. The molecule has 0 saturated heterocycles. The first-order chi connectivity index (χ1) is 17.5. The third-order valence-corrected chi connectivity index (χ3v) is 9.17. The predicted octanol–water partition coefficient (Wildman–Crippen LogP) is 4.25. The molecule has 1 aromatic heterocycles. The van der Waals surface area contributed by atoms with E-state index >= 15 is 0 Å². The molecule has 1 aliphatic heterocycles. The van der Waals surface area contributed by atoms with Gasteiger partial charge in [-0.1, -0.05) is 23.1 Å². The van der Waals surface area contributed by atoms with Crippen LogP contribution in [0.5, 0.6) is 11.5 Å². The van der Waals surface area contributed by atoms with Gasteiger partial charge in [0.25, 0.3) is 15.1 Å². The first-order valence-corrected chi connectivity index (χ1v) is 14.4. The van der Waals surface area contributed by atoms with E-state index in [-0.39, 0.29) is 5.48 Å². The molecule has 4 rings (SSSR count). The molecule has 0 fully saturated rings. The van der Waals surface area contributed by atoms with Crippen molar-refractivity contribution in [1.82, 2.24) is 0 Å². The van der Waals surface area contributed by atoms with Crippen LogP contribution in [-0.2, 0) is 21.5 Å². The fraction of sp³-hybridized carbons (Fsp3) is 0.280. The van der Waals surface area contributed by atoms with Crippen molar-refractivity contribution in [1.29, 1.82) is 0 Å². The van der Waals surface area contributed by atoms with Gasteiger partial charge in [-0.05, 0) is 49.8 Å². The number of carbonyl (C=O) groups is 1. The smallest absolute Gasteiger partial charge is 0.331 e. The van der Waals surface area contributed by atoms with Crippen LogP contribution in [-0.4, -0.2) is 55.5 Å². The Labute approximate surface area is 228 Å². The fourth-order valence-corrected chi connectivity index (χ4v) is 7.01. The lowest BCUT2D eigenvalue weighted by Gasteiger charge is -2.18. The molecule has 13 heteroatoms. The minimum atomic E-state index is -4.84. The highest BCUT2D eigenvalue weighted by atomic mass is 32.2. The molecular weight excluding hydrogens is 552 g/mol. The van der Waals surface area contributed by atoms with Gasteiger partial charge in [-0.2, -0.15) is 13.0 Å². The zero-order valence-electron chi connectivity index (χ0n) is 21.1. The molecule has 0 aliphatic carbocycles. The third-order valence-electron chi connectivity index (χ3n) is 5.88. The largest absolute Gasteiger partial charge is 0.870 e. The van der Waals surface area contributed by atoms with Crippen LogP contribution in [0.4, 0.5) is 5.69 Å². The van der Waals surface area contributed by atoms with Crippen molar-refractivity contribution in [2.24, 2.45) is 0 Å². The van der Waals surface area contributed by atoms with Crippen LogP contribution in [0.25, 0.3) is 16.3 Å². The summed E-state index contributed by atoms with van der Waals surface area (Å²) in [5.41, 5.74) is 2.55. The third kappa shape index (κ3) is 5.97. The Kier molecular flexibility index (Phi) is 9.10. The monoisotopic (exact) mass is 580 g/mol. The second-order valence-electron chi connectivity index (χ2n) is 8.28. The number of benzene rings is 2. The average molecular weight is 581 g/mol. The summed E-state index contributed by atoms with van der Waals surface area (Å²) in [6.07, 6.45) is 3.92. The van der Waals surface area contributed by atoms with Gasteiger partial charge >= 0.3 is 5.97 Å². The van der Waals surface area contributed by atoms with E-state index in [0.29, 0.717) is 16.3 Å². The number of nitrogens with zero attached hydrogens (tertiary/aromatic N) is 2. The van der Waals surface area contributed by atoms with Gasteiger partial charge < -0.3 is 25.0 Å². The highest BCUT2D eigenvalue weighted by Crippen LogP contribution is 2.47. The maximum absolute atomic E-state index is 11.8. The Bertz CT molecular complexity index is 1530. The molecule has 204 valence electrons. The standard InChI is InChI=1S/C25H26N2O7S3.H2O/c1-5-26-18-12-16(33-3)6-8-20(18)35-23(26)10-15(2)11-24-27(14-22(25(28)29)37(30,31)32)19-13-17(34-4)7-9-21(19)36-24;/h6-13,22H,5,14H2,1-4H3,(H-,28,29,30,31,32);1H2. The van der Waals surface area contributed by atoms with Crippen molar-refractivity contribution in [3.63, 3.8) is 0 Å². The number of aliphatic carboxylic acids is 1. The van der Waals surface area contributed by atoms with Gasteiger partial charge in [0, 0.05) is 23.6 Å². The maximum Gasteiger partial charge on any atom is 0.331 e. The van der Waals surface area contributed by atoms with E-state index in [9.17, 15) is 22.9 Å². The number of hydrogen-bond acceptors (Lipinski definition) is 9. The molecule has 0 radical (unpaired) electrons. The fourth-order valence-electron chi connectivity index (χ4n) is 4.04. The van der Waals surface area contributed by atoms with Crippen LogP contribution in [0.1, 0.15) is 18.9 Å². The zero-order chi connectivity index (χ0) is 26.9. The molecule has 0 bridgehead atoms. The van der Waals surface area contributed by atoms with E-state index in [2.05, 4.69) is 11.8 Å². The summed E-state index contributed by atoms with van der Waals surface area (Å²) in [6.45, 7) is 4.29. The Morgan fingerprint density at radius 1 is 1.16 bits per heavy atom. The van der Waals surface area contributed by atoms with Crippen molar-refractivity contribution in [2.75, 3.05) is 25.7 Å². The Hall–Kier alpha value is -3.10. The highest BCUT2D eigenvalue weighted by Gasteiger charge is 2.37. The molecule has 1 atom stereocenters. The van der Waals surface area contributed by atoms with Crippen LogP contribution < -0.4 is 18.9 Å². The van der Waals surface area contributed by atoms with Crippen molar-refractivity contribution in [3.05, 3.63) is 58.1 Å². The minimum Gasteiger partial charge on any atom is -0.870 e. The molecule has 0 saturated carbocycles. The summed E-state index contributed by atoms with van der Waals surface area (Å²) in [6, 6.07) is 11.3. The molecule has 10 nitrogen and oxygen atoms in total. The number of methoxy groups -OCH3 is 2. The number of thioether (sulfide) groups is 1. The number of rotatable bonds is 9. The van der Waals surface area contributed by atoms with E-state index < -0.39 is 27.9 Å². The summed E-state index contributed by atoms with van der Waals surface area (Å²) in [4.78, 5) is 15.0. The maximum atomic E-state index is 11.8. The van der Waals surface area contributed by atoms with Crippen LogP contribution in [0, 0.1) is 0 Å². The molecule has 2 aromatic carbocycles. The second kappa shape index (κ2) is 11.7. The van der Waals surface area contributed by atoms with Gasteiger partial charge in [-0.25, -0.2) is 0 Å². The normalized spacial score (nSPS) is 15.3. The first kappa shape index (κ1) is 29.5. The summed E-state index contributed by atoms with van der Waals surface area (Å²) in [5, 5.41) is 9.15. The molecule has 3 aromatic rings. The number of allylic oxidation sites excluding steroid dienone is 2. The second-order valence-corrected chi connectivity index (χ2v) is 12.0. The quantitative estimate of drug-likeness (QED) is 0.278. The first-order valence-electron chi connectivity index (χ1n) is 11.3. The number of carboxylic acids is 1. The molecule has 38 heavy (non-hydrogen) atoms. The molecule has 1 aliphatic rings. The van der Waals surface area contributed by atoms with Gasteiger partial charge in [-0.15, -0.1) is 0 Å². The molecular formula is C25H28N2O8S3. The molecule has 0 amide bonds. The Morgan fingerprint density at radius 2 is 1.82 bits per heavy atom. The molecule has 3 N–H and O–H groups in total. The van der Waals surface area contributed by atoms with E-state index in [0.717, 1.165) is 38.2 Å². The summed E-state index contributed by atoms with van der Waals surface area (Å²) >= 11 is 3.03. The van der Waals surface area contributed by atoms with Crippen molar-refractivity contribution < 1.29 is 42.4 Å². The van der Waals surface area contributed by atoms with E-state index in [1.807, 2.05) is 43.3 Å². The zero-order valence-corrected chi connectivity index (χ0v) is 23.6. The van der Waals surface area contributed by atoms with Crippen molar-refractivity contribution in [2.45, 2.75) is 30.5 Å². The van der Waals surface area contributed by atoms with Gasteiger partial charge in [0.15, 0.2) is 6.54 Å². The summed E-state index contributed by atoms with van der Waals surface area (Å²) in [5.74, 6) is -0.304. The number of fused-ring (bicyclic) bond motifs is 2. The lowest BCUT2D eigenvalue weighted by molar-refractivity contribution is -0.666. The van der Waals surface area contributed by atoms with Crippen LogP contribution in [0.3, 0.4) is 0 Å². The van der Waals surface area contributed by atoms with Gasteiger partial charge in [0.1, 0.15) is 16.2 Å². The van der Waals surface area contributed by atoms with Crippen molar-refractivity contribution >= 4 is 61.2 Å². The van der Waals surface area contributed by atoms with Crippen LogP contribution >= 0.6 is 23.1 Å². The van der Waals surface area contributed by atoms with E-state index in [1.54, 1.807) is 35.6 Å². The minimum absolute atomic E-state index is 0. The molecule has 0 spiro atoms. The summed E-state index contributed by atoms with van der Waals surface area (Å²) in [7, 11) is -1.69. The predicted molar refractivity (Wildman–Crippen MR) is 147 cm³/mol. The number of thiazole rings is 1. The lowest BCUT2D eigenvalue weighted by Crippen LogP contribution is -2.47. The van der Waals surface area contributed by atoms with Gasteiger partial charge in [0.2, 0.25) is 10.8 Å². The lowest BCUT2D eigenvalue weighted by atomic mass is 10.2.